The van der Waals surface area contributed by atoms with E-state index in [1.807, 2.05) is 6.92 Å². The number of nitrogens with one attached hydrogen (secondary N) is 3. The number of ether oxygens (including phenoxy) is 1. The van der Waals surface area contributed by atoms with Crippen LogP contribution >= 0.6 is 0 Å². The predicted molar refractivity (Wildman–Crippen MR) is 110 cm³/mol. The lowest BCUT2D eigenvalue weighted by molar-refractivity contribution is 0.0976. The number of aliphatic imine (C=N–C) groups is 1. The maximum atomic E-state index is 13.1. The van der Waals surface area contributed by atoms with Gasteiger partial charge < -0.3 is 10.1 Å². The van der Waals surface area contributed by atoms with Crippen LogP contribution in [0, 0.1) is 11.6 Å². The van der Waals surface area contributed by atoms with Crippen molar-refractivity contribution in [3.63, 3.8) is 0 Å². The molecule has 2 aromatic carbocycles. The molecule has 0 aliphatic carbocycles. The van der Waals surface area contributed by atoms with E-state index in [0.717, 1.165) is 5.56 Å². The number of halogens is 2. The smallest absolute Gasteiger partial charge is 0.257 e. The summed E-state index contributed by atoms with van der Waals surface area (Å²) in [5.41, 5.74) is 1.68. The molecular weight excluding hydrogens is 392 g/mol. The molecule has 156 valence electrons. The standard InChI is InChI=1S/C21H21F2N5O2/c1-13(12-30-2)24-21(26-20(29)15-5-9-17(23)10-6-15)25-19-11-18(27-28-19)14-3-7-16(22)8-4-14/h3-11,13H,12H2,1-2H3,(H3,24,25,26,27,28,29)/t13-/m0/s1. The molecule has 7 nitrogen and oxygen atoms in total. The van der Waals surface area contributed by atoms with Gasteiger partial charge in [-0.2, -0.15) is 5.10 Å². The Morgan fingerprint density at radius 3 is 2.40 bits per heavy atom. The Kier molecular flexibility index (Phi) is 6.87. The third-order valence-electron chi connectivity index (χ3n) is 4.08. The summed E-state index contributed by atoms with van der Waals surface area (Å²) in [6.07, 6.45) is 0. The number of hydrogen-bond donors (Lipinski definition) is 3. The van der Waals surface area contributed by atoms with Crippen molar-refractivity contribution >= 4 is 17.7 Å². The number of carbonyl (C=O) groups is 1. The lowest BCUT2D eigenvalue weighted by Gasteiger charge is -2.12. The maximum absolute atomic E-state index is 13.1. The number of anilines is 1. The van der Waals surface area contributed by atoms with E-state index in [4.69, 9.17) is 4.74 Å². The van der Waals surface area contributed by atoms with E-state index in [9.17, 15) is 13.6 Å². The molecular formula is C21H21F2N5O2. The quantitative estimate of drug-likeness (QED) is 0.425. The monoisotopic (exact) mass is 413 g/mol. The van der Waals surface area contributed by atoms with E-state index in [2.05, 4.69) is 25.8 Å². The van der Waals surface area contributed by atoms with Crippen LogP contribution in [0.5, 0.6) is 0 Å². The molecule has 3 N–H and O–H groups in total. The first-order valence-corrected chi connectivity index (χ1v) is 9.16. The number of nitrogens with zero attached hydrogens (tertiary/aromatic N) is 2. The average molecular weight is 413 g/mol. The van der Waals surface area contributed by atoms with Crippen LogP contribution in [0.25, 0.3) is 11.3 Å². The molecule has 1 heterocycles. The topological polar surface area (TPSA) is 91.4 Å². The van der Waals surface area contributed by atoms with Crippen molar-refractivity contribution in [2.24, 2.45) is 4.99 Å². The number of guanidine groups is 1. The first-order chi connectivity index (χ1) is 14.4. The highest BCUT2D eigenvalue weighted by Gasteiger charge is 2.13. The van der Waals surface area contributed by atoms with Gasteiger partial charge in [0.05, 0.1) is 18.3 Å². The predicted octanol–water partition coefficient (Wildman–Crippen LogP) is 3.59. The van der Waals surface area contributed by atoms with Crippen LogP contribution in [-0.2, 0) is 4.74 Å². The Labute approximate surface area is 172 Å². The van der Waals surface area contributed by atoms with Gasteiger partial charge in [-0.3, -0.25) is 15.2 Å². The van der Waals surface area contributed by atoms with Gasteiger partial charge in [-0.1, -0.05) is 0 Å². The fourth-order valence-electron chi connectivity index (χ4n) is 2.66. The summed E-state index contributed by atoms with van der Waals surface area (Å²) in [6.45, 7) is 2.17. The van der Waals surface area contributed by atoms with E-state index >= 15 is 0 Å². The maximum Gasteiger partial charge on any atom is 0.257 e. The van der Waals surface area contributed by atoms with Crippen LogP contribution in [0.1, 0.15) is 17.3 Å². The summed E-state index contributed by atoms with van der Waals surface area (Å²) in [4.78, 5) is 16.9. The Hall–Kier alpha value is -3.59. The molecule has 1 aromatic heterocycles. The number of carbonyl (C=O) groups excluding carboxylic acids is 1. The van der Waals surface area contributed by atoms with E-state index in [1.54, 1.807) is 25.3 Å². The molecule has 30 heavy (non-hydrogen) atoms. The van der Waals surface area contributed by atoms with Gasteiger partial charge in [0, 0.05) is 18.7 Å². The van der Waals surface area contributed by atoms with E-state index in [0.29, 0.717) is 18.1 Å². The largest absolute Gasteiger partial charge is 0.382 e. The lowest BCUT2D eigenvalue weighted by Crippen LogP contribution is -2.37. The Morgan fingerprint density at radius 2 is 1.77 bits per heavy atom. The molecule has 9 heteroatoms. The van der Waals surface area contributed by atoms with Crippen LogP contribution < -0.4 is 10.6 Å². The molecule has 3 aromatic rings. The third-order valence-corrected chi connectivity index (χ3v) is 4.08. The van der Waals surface area contributed by atoms with Crippen LogP contribution in [0.3, 0.4) is 0 Å². The number of aromatic nitrogens is 2. The van der Waals surface area contributed by atoms with Gasteiger partial charge in [-0.05, 0) is 61.0 Å². The van der Waals surface area contributed by atoms with Crippen molar-refractivity contribution in [1.29, 1.82) is 0 Å². The minimum atomic E-state index is -0.458. The highest BCUT2D eigenvalue weighted by Crippen LogP contribution is 2.20. The number of rotatable bonds is 6. The molecule has 0 bridgehead atoms. The zero-order chi connectivity index (χ0) is 21.5. The van der Waals surface area contributed by atoms with Crippen molar-refractivity contribution in [1.82, 2.24) is 15.5 Å². The SMILES string of the molecule is COC[C@H](C)N=C(NC(=O)c1ccc(F)cc1)Nc1cc(-c2ccc(F)cc2)[nH]n1. The van der Waals surface area contributed by atoms with Crippen LogP contribution in [-0.4, -0.2) is 41.8 Å². The molecule has 0 saturated heterocycles. The molecule has 1 atom stereocenters. The number of H-pyrrole nitrogens is 1. The Bertz CT molecular complexity index is 1020. The van der Waals surface area contributed by atoms with Gasteiger partial charge >= 0.3 is 0 Å². The summed E-state index contributed by atoms with van der Waals surface area (Å²) in [6, 6.07) is 12.6. The molecule has 0 spiro atoms. The first-order valence-electron chi connectivity index (χ1n) is 9.16. The van der Waals surface area contributed by atoms with Crippen molar-refractivity contribution in [2.45, 2.75) is 13.0 Å². The summed E-state index contributed by atoms with van der Waals surface area (Å²) in [5.74, 6) is -0.665. The fraction of sp³-hybridized carbons (Fsp3) is 0.190. The average Bonchev–Trinajstić information content (AvgIpc) is 3.17. The molecule has 0 fully saturated rings. The lowest BCUT2D eigenvalue weighted by atomic mass is 10.1. The number of hydrogen-bond acceptors (Lipinski definition) is 4. The van der Waals surface area contributed by atoms with Gasteiger partial charge in [0.1, 0.15) is 11.6 Å². The van der Waals surface area contributed by atoms with Gasteiger partial charge in [-0.25, -0.2) is 13.8 Å². The third kappa shape index (κ3) is 5.71. The van der Waals surface area contributed by atoms with Gasteiger partial charge in [0.2, 0.25) is 5.96 Å². The van der Waals surface area contributed by atoms with E-state index in [1.165, 1.54) is 36.4 Å². The molecule has 0 unspecified atom stereocenters. The fourth-order valence-corrected chi connectivity index (χ4v) is 2.66. The molecule has 0 aliphatic heterocycles. The van der Waals surface area contributed by atoms with Crippen molar-refractivity contribution < 1.29 is 18.3 Å². The number of benzene rings is 2. The summed E-state index contributed by atoms with van der Waals surface area (Å²) >= 11 is 0. The van der Waals surface area contributed by atoms with Crippen molar-refractivity contribution in [2.75, 3.05) is 19.0 Å². The Balaban J connectivity index is 1.78. The van der Waals surface area contributed by atoms with Crippen LogP contribution in [0.15, 0.2) is 59.6 Å². The summed E-state index contributed by atoms with van der Waals surface area (Å²) in [5, 5.41) is 12.6. The first kappa shape index (κ1) is 21.1. The van der Waals surface area contributed by atoms with Crippen molar-refractivity contribution in [3.8, 4) is 11.3 Å². The molecule has 0 radical (unpaired) electrons. The van der Waals surface area contributed by atoms with Crippen molar-refractivity contribution in [3.05, 3.63) is 71.8 Å². The second-order valence-corrected chi connectivity index (χ2v) is 6.54. The van der Waals surface area contributed by atoms with Gasteiger partial charge in [0.15, 0.2) is 5.82 Å². The Morgan fingerprint density at radius 1 is 1.13 bits per heavy atom. The van der Waals surface area contributed by atoms with Gasteiger partial charge in [-0.15, -0.1) is 0 Å². The zero-order valence-electron chi connectivity index (χ0n) is 16.4. The number of amides is 1. The summed E-state index contributed by atoms with van der Waals surface area (Å²) in [7, 11) is 1.55. The van der Waals surface area contributed by atoms with Crippen LogP contribution in [0.4, 0.5) is 14.6 Å². The zero-order valence-corrected chi connectivity index (χ0v) is 16.4. The highest BCUT2D eigenvalue weighted by molar-refractivity contribution is 6.09. The second-order valence-electron chi connectivity index (χ2n) is 6.54. The summed E-state index contributed by atoms with van der Waals surface area (Å²) < 4.78 is 31.3. The second kappa shape index (κ2) is 9.75. The highest BCUT2D eigenvalue weighted by atomic mass is 19.1. The van der Waals surface area contributed by atoms with Gasteiger partial charge in [0.25, 0.3) is 5.91 Å². The molecule has 3 rings (SSSR count). The minimum Gasteiger partial charge on any atom is -0.382 e. The minimum absolute atomic E-state index is 0.158. The molecule has 0 aliphatic rings. The molecule has 1 amide bonds. The number of methoxy groups -OCH3 is 1. The molecule has 0 saturated carbocycles. The van der Waals surface area contributed by atoms with E-state index in [-0.39, 0.29) is 23.4 Å². The number of aromatic amines is 1. The normalized spacial score (nSPS) is 12.5. The van der Waals surface area contributed by atoms with E-state index < -0.39 is 11.7 Å². The van der Waals surface area contributed by atoms with Crippen LogP contribution in [0.2, 0.25) is 0 Å².